The normalized spacial score (nSPS) is 10.8. The zero-order chi connectivity index (χ0) is 22.5. The second kappa shape index (κ2) is 9.34. The number of carbonyl (C=O) groups excluding carboxylic acids is 1. The van der Waals surface area contributed by atoms with Gasteiger partial charge in [0.2, 0.25) is 5.91 Å². The lowest BCUT2D eigenvalue weighted by Crippen LogP contribution is -2.34. The average molecular weight is 433 g/mol. The van der Waals surface area contributed by atoms with E-state index in [1.807, 2.05) is 55.5 Å². The SMILES string of the molecule is CCOc1ccccc1CNC(=O)Cn1ncn2nc(-c3ccc(OC)cc3)cc2c1=O. The third kappa shape index (κ3) is 4.46. The molecule has 9 nitrogen and oxygen atoms in total. The van der Waals surface area contributed by atoms with E-state index in [1.54, 1.807) is 13.2 Å². The van der Waals surface area contributed by atoms with Gasteiger partial charge in [0.1, 0.15) is 29.9 Å². The predicted molar refractivity (Wildman–Crippen MR) is 119 cm³/mol. The second-order valence-corrected chi connectivity index (χ2v) is 7.00. The van der Waals surface area contributed by atoms with Crippen molar-refractivity contribution >= 4 is 11.4 Å². The number of nitrogens with one attached hydrogen (secondary N) is 1. The average Bonchev–Trinajstić information content (AvgIpc) is 3.26. The molecule has 0 saturated carbocycles. The van der Waals surface area contributed by atoms with E-state index in [-0.39, 0.29) is 12.5 Å². The number of nitrogens with zero attached hydrogens (tertiary/aromatic N) is 4. The second-order valence-electron chi connectivity index (χ2n) is 7.00. The lowest BCUT2D eigenvalue weighted by Gasteiger charge is -2.11. The van der Waals surface area contributed by atoms with Crippen molar-refractivity contribution < 1.29 is 14.3 Å². The van der Waals surface area contributed by atoms with Crippen molar-refractivity contribution in [1.82, 2.24) is 24.7 Å². The molecule has 0 fully saturated rings. The van der Waals surface area contributed by atoms with Gasteiger partial charge in [0.25, 0.3) is 5.56 Å². The highest BCUT2D eigenvalue weighted by Gasteiger charge is 2.13. The maximum Gasteiger partial charge on any atom is 0.293 e. The van der Waals surface area contributed by atoms with Crippen LogP contribution in [0.5, 0.6) is 11.5 Å². The van der Waals surface area contributed by atoms with Crippen LogP contribution < -0.4 is 20.3 Å². The van der Waals surface area contributed by atoms with Crippen LogP contribution in [0.2, 0.25) is 0 Å². The zero-order valence-corrected chi connectivity index (χ0v) is 17.8. The maximum absolute atomic E-state index is 12.8. The molecule has 1 amide bonds. The summed E-state index contributed by atoms with van der Waals surface area (Å²) < 4.78 is 13.3. The van der Waals surface area contributed by atoms with Gasteiger partial charge in [-0.05, 0) is 43.3 Å². The van der Waals surface area contributed by atoms with Crippen molar-refractivity contribution in [1.29, 1.82) is 0 Å². The molecule has 2 heterocycles. The molecule has 0 bridgehead atoms. The van der Waals surface area contributed by atoms with E-state index in [4.69, 9.17) is 9.47 Å². The number of para-hydroxylation sites is 1. The van der Waals surface area contributed by atoms with Crippen molar-refractivity contribution in [2.75, 3.05) is 13.7 Å². The van der Waals surface area contributed by atoms with Crippen LogP contribution in [0.4, 0.5) is 0 Å². The maximum atomic E-state index is 12.8. The molecule has 164 valence electrons. The molecule has 0 unspecified atom stereocenters. The molecule has 0 saturated heterocycles. The standard InChI is InChI=1S/C23H23N5O4/c1-3-32-21-7-5-4-6-17(21)13-24-22(29)14-27-23(30)20-12-19(26-28(20)15-25-27)16-8-10-18(31-2)11-9-16/h4-12,15H,3,13-14H2,1-2H3,(H,24,29). The molecule has 2 aromatic carbocycles. The van der Waals surface area contributed by atoms with Crippen molar-refractivity contribution in [2.45, 2.75) is 20.0 Å². The lowest BCUT2D eigenvalue weighted by atomic mass is 10.1. The largest absolute Gasteiger partial charge is 0.497 e. The van der Waals surface area contributed by atoms with Crippen molar-refractivity contribution in [3.63, 3.8) is 0 Å². The van der Waals surface area contributed by atoms with Crippen LogP contribution in [-0.4, -0.2) is 39.0 Å². The molecular weight excluding hydrogens is 410 g/mol. The fourth-order valence-corrected chi connectivity index (χ4v) is 3.29. The van der Waals surface area contributed by atoms with E-state index in [2.05, 4.69) is 15.5 Å². The number of carbonyl (C=O) groups is 1. The summed E-state index contributed by atoms with van der Waals surface area (Å²) in [7, 11) is 1.60. The van der Waals surface area contributed by atoms with Crippen LogP contribution in [0.25, 0.3) is 16.8 Å². The number of aromatic nitrogens is 4. The molecule has 4 aromatic rings. The quantitative estimate of drug-likeness (QED) is 0.458. The highest BCUT2D eigenvalue weighted by molar-refractivity contribution is 5.76. The number of rotatable bonds is 8. The predicted octanol–water partition coefficient (Wildman–Crippen LogP) is 2.28. The minimum Gasteiger partial charge on any atom is -0.497 e. The Morgan fingerprint density at radius 1 is 1.12 bits per heavy atom. The summed E-state index contributed by atoms with van der Waals surface area (Å²) in [6, 6.07) is 16.5. The Labute approximate surface area is 184 Å². The molecule has 0 aliphatic heterocycles. The first-order chi connectivity index (χ1) is 15.6. The summed E-state index contributed by atoms with van der Waals surface area (Å²) in [6.45, 7) is 2.53. The van der Waals surface area contributed by atoms with Gasteiger partial charge in [-0.15, -0.1) is 0 Å². The van der Waals surface area contributed by atoms with E-state index in [1.165, 1.54) is 10.8 Å². The van der Waals surface area contributed by atoms with Crippen LogP contribution in [0, 0.1) is 0 Å². The monoisotopic (exact) mass is 433 g/mol. The highest BCUT2D eigenvalue weighted by Crippen LogP contribution is 2.21. The Kier molecular flexibility index (Phi) is 6.16. The van der Waals surface area contributed by atoms with Crippen molar-refractivity contribution in [3.8, 4) is 22.8 Å². The van der Waals surface area contributed by atoms with Crippen LogP contribution in [0.3, 0.4) is 0 Å². The number of amides is 1. The van der Waals surface area contributed by atoms with E-state index in [9.17, 15) is 9.59 Å². The fourth-order valence-electron chi connectivity index (χ4n) is 3.29. The summed E-state index contributed by atoms with van der Waals surface area (Å²) in [5.41, 5.74) is 2.26. The molecule has 0 radical (unpaired) electrons. The Hall–Kier alpha value is -4.14. The van der Waals surface area contributed by atoms with Crippen LogP contribution >= 0.6 is 0 Å². The topological polar surface area (TPSA) is 99.8 Å². The summed E-state index contributed by atoms with van der Waals surface area (Å²) in [5, 5.41) is 11.3. The molecule has 2 aromatic heterocycles. The van der Waals surface area contributed by atoms with E-state index >= 15 is 0 Å². The van der Waals surface area contributed by atoms with Gasteiger partial charge in [-0.1, -0.05) is 18.2 Å². The summed E-state index contributed by atoms with van der Waals surface area (Å²) >= 11 is 0. The number of fused-ring (bicyclic) bond motifs is 1. The number of ether oxygens (including phenoxy) is 2. The third-order valence-corrected chi connectivity index (χ3v) is 4.92. The summed E-state index contributed by atoms with van der Waals surface area (Å²) in [6.07, 6.45) is 1.42. The number of methoxy groups -OCH3 is 1. The Bertz CT molecular complexity index is 1290. The van der Waals surface area contributed by atoms with Gasteiger partial charge in [0.05, 0.1) is 19.4 Å². The van der Waals surface area contributed by atoms with Gasteiger partial charge in [-0.3, -0.25) is 9.59 Å². The number of hydrogen-bond donors (Lipinski definition) is 1. The Morgan fingerprint density at radius 3 is 2.66 bits per heavy atom. The first kappa shape index (κ1) is 21.1. The van der Waals surface area contributed by atoms with Gasteiger partial charge in [-0.2, -0.15) is 10.2 Å². The van der Waals surface area contributed by atoms with E-state index in [0.717, 1.165) is 27.3 Å². The molecule has 0 atom stereocenters. The van der Waals surface area contributed by atoms with Gasteiger partial charge >= 0.3 is 0 Å². The zero-order valence-electron chi connectivity index (χ0n) is 17.8. The third-order valence-electron chi connectivity index (χ3n) is 4.92. The van der Waals surface area contributed by atoms with Crippen molar-refractivity contribution in [3.05, 3.63) is 76.8 Å². The molecule has 0 aliphatic rings. The molecule has 1 N–H and O–H groups in total. The first-order valence-electron chi connectivity index (χ1n) is 10.2. The van der Waals surface area contributed by atoms with E-state index in [0.29, 0.717) is 24.4 Å². The van der Waals surface area contributed by atoms with Crippen LogP contribution in [0.15, 0.2) is 65.7 Å². The Morgan fingerprint density at radius 2 is 1.91 bits per heavy atom. The summed E-state index contributed by atoms with van der Waals surface area (Å²) in [5.74, 6) is 1.12. The molecule has 0 aliphatic carbocycles. The summed E-state index contributed by atoms with van der Waals surface area (Å²) in [4.78, 5) is 25.3. The van der Waals surface area contributed by atoms with Gasteiger partial charge in [-0.25, -0.2) is 9.20 Å². The van der Waals surface area contributed by atoms with Gasteiger partial charge in [0.15, 0.2) is 0 Å². The minimum absolute atomic E-state index is 0.199. The van der Waals surface area contributed by atoms with Crippen molar-refractivity contribution in [2.24, 2.45) is 0 Å². The van der Waals surface area contributed by atoms with Crippen LogP contribution in [0.1, 0.15) is 12.5 Å². The molecular formula is C23H23N5O4. The fraction of sp³-hybridized carbons (Fsp3) is 0.217. The smallest absolute Gasteiger partial charge is 0.293 e. The highest BCUT2D eigenvalue weighted by atomic mass is 16.5. The first-order valence-corrected chi connectivity index (χ1v) is 10.2. The Balaban J connectivity index is 1.49. The lowest BCUT2D eigenvalue weighted by molar-refractivity contribution is -0.122. The van der Waals surface area contributed by atoms with Gasteiger partial charge in [0, 0.05) is 17.7 Å². The minimum atomic E-state index is -0.398. The van der Waals surface area contributed by atoms with Crippen LogP contribution in [-0.2, 0) is 17.9 Å². The molecule has 32 heavy (non-hydrogen) atoms. The van der Waals surface area contributed by atoms with Gasteiger partial charge < -0.3 is 14.8 Å². The number of benzene rings is 2. The molecule has 9 heteroatoms. The molecule has 4 rings (SSSR count). The van der Waals surface area contributed by atoms with E-state index < -0.39 is 5.56 Å². The molecule has 0 spiro atoms. The number of hydrogen-bond acceptors (Lipinski definition) is 6.